The van der Waals surface area contributed by atoms with E-state index < -0.39 is 5.97 Å². The maximum absolute atomic E-state index is 12.7. The highest BCUT2D eigenvalue weighted by Gasteiger charge is 2.23. The molecule has 7 heteroatoms. The van der Waals surface area contributed by atoms with Gasteiger partial charge in [-0.1, -0.05) is 19.1 Å². The van der Waals surface area contributed by atoms with Crippen molar-refractivity contribution in [2.75, 3.05) is 12.4 Å². The molecule has 0 fully saturated rings. The van der Waals surface area contributed by atoms with Crippen molar-refractivity contribution < 1.29 is 14.3 Å². The maximum atomic E-state index is 12.7. The van der Waals surface area contributed by atoms with Crippen molar-refractivity contribution >= 4 is 17.6 Å². The van der Waals surface area contributed by atoms with E-state index in [1.165, 1.54) is 7.11 Å². The topological polar surface area (TPSA) is 99.9 Å². The number of carbonyl (C=O) groups is 2. The highest BCUT2D eigenvalue weighted by atomic mass is 16.5. The average Bonchev–Trinajstić information content (AvgIpc) is 3.29. The van der Waals surface area contributed by atoms with Gasteiger partial charge in [0.1, 0.15) is 5.69 Å². The standard InChI is InChI=1S/C19H20N4O3/c1-4-15-16(19(25)26-3)11(2)17(23-15)18(24)22-14-7-5-6-12(8-14)13-9-20-21-10-13/h5-10,23H,4H2,1-3H3,(H,20,21)(H,22,24). The second kappa shape index (κ2) is 7.26. The number of nitrogens with zero attached hydrogens (tertiary/aromatic N) is 1. The fraction of sp³-hybridized carbons (Fsp3) is 0.211. The highest BCUT2D eigenvalue weighted by molar-refractivity contribution is 6.07. The number of methoxy groups -OCH3 is 1. The first kappa shape index (κ1) is 17.5. The summed E-state index contributed by atoms with van der Waals surface area (Å²) < 4.78 is 4.83. The summed E-state index contributed by atoms with van der Waals surface area (Å²) in [7, 11) is 1.33. The number of rotatable bonds is 5. The Morgan fingerprint density at radius 2 is 2.08 bits per heavy atom. The minimum Gasteiger partial charge on any atom is -0.465 e. The summed E-state index contributed by atoms with van der Waals surface area (Å²) in [6.45, 7) is 3.65. The van der Waals surface area contributed by atoms with Gasteiger partial charge in [0.2, 0.25) is 0 Å². The molecule has 0 radical (unpaired) electrons. The molecule has 0 aliphatic carbocycles. The van der Waals surface area contributed by atoms with Gasteiger partial charge in [0, 0.05) is 23.1 Å². The van der Waals surface area contributed by atoms with Crippen LogP contribution in [0.1, 0.15) is 39.0 Å². The van der Waals surface area contributed by atoms with Crippen LogP contribution in [0.3, 0.4) is 0 Å². The Bertz CT molecular complexity index is 942. The molecule has 0 spiro atoms. The minimum absolute atomic E-state index is 0.309. The smallest absolute Gasteiger partial charge is 0.339 e. The van der Waals surface area contributed by atoms with Crippen molar-refractivity contribution in [3.63, 3.8) is 0 Å². The van der Waals surface area contributed by atoms with Gasteiger partial charge >= 0.3 is 5.97 Å². The van der Waals surface area contributed by atoms with Gasteiger partial charge in [-0.2, -0.15) is 5.10 Å². The third-order valence-corrected chi connectivity index (χ3v) is 4.25. The van der Waals surface area contributed by atoms with Crippen molar-refractivity contribution in [1.29, 1.82) is 0 Å². The Labute approximate surface area is 150 Å². The van der Waals surface area contributed by atoms with Crippen molar-refractivity contribution in [3.8, 4) is 11.1 Å². The zero-order valence-corrected chi connectivity index (χ0v) is 14.8. The van der Waals surface area contributed by atoms with Gasteiger partial charge in [-0.3, -0.25) is 9.89 Å². The van der Waals surface area contributed by atoms with Gasteiger partial charge in [0.15, 0.2) is 0 Å². The number of aromatic amines is 2. The van der Waals surface area contributed by atoms with Crippen LogP contribution in [0.4, 0.5) is 5.69 Å². The molecule has 3 aromatic rings. The molecule has 134 valence electrons. The Balaban J connectivity index is 1.88. The van der Waals surface area contributed by atoms with E-state index in [1.54, 1.807) is 19.3 Å². The van der Waals surface area contributed by atoms with E-state index in [1.807, 2.05) is 31.2 Å². The largest absolute Gasteiger partial charge is 0.465 e. The van der Waals surface area contributed by atoms with Crippen molar-refractivity contribution in [2.45, 2.75) is 20.3 Å². The molecular weight excluding hydrogens is 332 g/mol. The van der Waals surface area contributed by atoms with Crippen LogP contribution < -0.4 is 5.32 Å². The molecule has 26 heavy (non-hydrogen) atoms. The molecule has 1 amide bonds. The zero-order valence-electron chi connectivity index (χ0n) is 14.8. The molecule has 0 saturated carbocycles. The van der Waals surface area contributed by atoms with Crippen LogP contribution in [0.2, 0.25) is 0 Å². The second-order valence-electron chi connectivity index (χ2n) is 5.85. The summed E-state index contributed by atoms with van der Waals surface area (Å²) in [5.74, 6) is -0.756. The van der Waals surface area contributed by atoms with Crippen LogP contribution >= 0.6 is 0 Å². The summed E-state index contributed by atoms with van der Waals surface area (Å²) in [4.78, 5) is 27.8. The van der Waals surface area contributed by atoms with Crippen LogP contribution in [0.25, 0.3) is 11.1 Å². The number of nitrogens with one attached hydrogen (secondary N) is 3. The van der Waals surface area contributed by atoms with E-state index in [2.05, 4.69) is 20.5 Å². The molecule has 0 saturated heterocycles. The van der Waals surface area contributed by atoms with Crippen LogP contribution in [-0.2, 0) is 11.2 Å². The summed E-state index contributed by atoms with van der Waals surface area (Å²) in [6, 6.07) is 7.46. The number of esters is 1. The number of H-pyrrole nitrogens is 2. The van der Waals surface area contributed by atoms with E-state index in [9.17, 15) is 9.59 Å². The Kier molecular flexibility index (Phi) is 4.88. The molecule has 0 bridgehead atoms. The lowest BCUT2D eigenvalue weighted by atomic mass is 10.1. The van der Waals surface area contributed by atoms with Crippen LogP contribution in [0.5, 0.6) is 0 Å². The zero-order chi connectivity index (χ0) is 18.7. The molecule has 2 heterocycles. The van der Waals surface area contributed by atoms with Crippen molar-refractivity contribution in [1.82, 2.24) is 15.2 Å². The SMILES string of the molecule is CCc1[nH]c(C(=O)Nc2cccc(-c3cn[nH]c3)c2)c(C)c1C(=O)OC. The molecule has 7 nitrogen and oxygen atoms in total. The number of hydrogen-bond acceptors (Lipinski definition) is 4. The first-order chi connectivity index (χ1) is 12.5. The van der Waals surface area contributed by atoms with Gasteiger partial charge in [-0.15, -0.1) is 0 Å². The van der Waals surface area contributed by atoms with Crippen molar-refractivity contribution in [3.05, 3.63) is 59.2 Å². The van der Waals surface area contributed by atoms with Gasteiger partial charge < -0.3 is 15.0 Å². The third-order valence-electron chi connectivity index (χ3n) is 4.25. The van der Waals surface area contributed by atoms with E-state index in [0.717, 1.165) is 11.1 Å². The van der Waals surface area contributed by atoms with Crippen LogP contribution in [-0.4, -0.2) is 34.2 Å². The molecular formula is C19H20N4O3. The maximum Gasteiger partial charge on any atom is 0.339 e. The molecule has 0 unspecified atom stereocenters. The predicted molar refractivity (Wildman–Crippen MR) is 98.2 cm³/mol. The lowest BCUT2D eigenvalue weighted by molar-refractivity contribution is 0.0599. The quantitative estimate of drug-likeness (QED) is 0.613. The lowest BCUT2D eigenvalue weighted by Crippen LogP contribution is -2.14. The molecule has 3 N–H and O–H groups in total. The monoisotopic (exact) mass is 352 g/mol. The molecule has 3 rings (SSSR count). The number of amides is 1. The van der Waals surface area contributed by atoms with Crippen molar-refractivity contribution in [2.24, 2.45) is 0 Å². The Morgan fingerprint density at radius 3 is 2.73 bits per heavy atom. The Morgan fingerprint density at radius 1 is 1.27 bits per heavy atom. The summed E-state index contributed by atoms with van der Waals surface area (Å²) in [6.07, 6.45) is 4.09. The fourth-order valence-corrected chi connectivity index (χ4v) is 2.91. The number of aryl methyl sites for hydroxylation is 1. The first-order valence-electron chi connectivity index (χ1n) is 8.25. The minimum atomic E-state index is -0.448. The van der Waals surface area contributed by atoms with Gasteiger partial charge in [-0.25, -0.2) is 4.79 Å². The molecule has 0 aliphatic heterocycles. The van der Waals surface area contributed by atoms with Crippen LogP contribution in [0, 0.1) is 6.92 Å². The second-order valence-corrected chi connectivity index (χ2v) is 5.85. The number of aromatic nitrogens is 3. The Hall–Kier alpha value is -3.35. The van der Waals surface area contributed by atoms with E-state index in [-0.39, 0.29) is 5.91 Å². The molecule has 2 aromatic heterocycles. The number of carbonyl (C=O) groups excluding carboxylic acids is 2. The average molecular weight is 352 g/mol. The number of ether oxygens (including phenoxy) is 1. The molecule has 0 aliphatic rings. The normalized spacial score (nSPS) is 10.6. The first-order valence-corrected chi connectivity index (χ1v) is 8.25. The fourth-order valence-electron chi connectivity index (χ4n) is 2.91. The van der Waals surface area contributed by atoms with E-state index in [4.69, 9.17) is 4.74 Å². The number of benzene rings is 1. The molecule has 0 atom stereocenters. The summed E-state index contributed by atoms with van der Waals surface area (Å²) in [5, 5.41) is 9.57. The van der Waals surface area contributed by atoms with Gasteiger partial charge in [0.05, 0.1) is 18.9 Å². The third kappa shape index (κ3) is 3.23. The summed E-state index contributed by atoms with van der Waals surface area (Å²) in [5.41, 5.74) is 4.56. The highest BCUT2D eigenvalue weighted by Crippen LogP contribution is 2.24. The van der Waals surface area contributed by atoms with Gasteiger partial charge in [-0.05, 0) is 36.6 Å². The van der Waals surface area contributed by atoms with E-state index in [0.29, 0.717) is 34.6 Å². The van der Waals surface area contributed by atoms with E-state index >= 15 is 0 Å². The van der Waals surface area contributed by atoms with Gasteiger partial charge in [0.25, 0.3) is 5.91 Å². The molecule has 1 aromatic carbocycles. The summed E-state index contributed by atoms with van der Waals surface area (Å²) >= 11 is 0. The number of anilines is 1. The predicted octanol–water partition coefficient (Wildman–Crippen LogP) is 3.31. The van der Waals surface area contributed by atoms with Crippen LogP contribution in [0.15, 0.2) is 36.7 Å². The number of hydrogen-bond donors (Lipinski definition) is 3. The lowest BCUT2D eigenvalue weighted by Gasteiger charge is -2.07.